The Morgan fingerprint density at radius 2 is 1.79 bits per heavy atom. The Morgan fingerprint density at radius 1 is 1.16 bits per heavy atom. The highest BCUT2D eigenvalue weighted by molar-refractivity contribution is 5.27. The zero-order valence-electron chi connectivity index (χ0n) is 12.0. The Bertz CT molecular complexity index is 369. The second kappa shape index (κ2) is 6.92. The first kappa shape index (κ1) is 14.4. The molecule has 0 radical (unpaired) electrons. The van der Waals surface area contributed by atoms with Gasteiger partial charge in [0.15, 0.2) is 0 Å². The lowest BCUT2D eigenvalue weighted by Gasteiger charge is -2.33. The van der Waals surface area contributed by atoms with Crippen molar-refractivity contribution in [3.63, 3.8) is 0 Å². The fourth-order valence-corrected chi connectivity index (χ4v) is 2.78. The maximum atomic E-state index is 9.54. The average Bonchev–Trinajstić information content (AvgIpc) is 2.46. The number of nitrogens with zero attached hydrogens (tertiary/aromatic N) is 1. The van der Waals surface area contributed by atoms with E-state index in [0.29, 0.717) is 6.04 Å². The van der Waals surface area contributed by atoms with Crippen LogP contribution in [0, 0.1) is 0 Å². The van der Waals surface area contributed by atoms with E-state index in [1.54, 1.807) is 7.11 Å². The van der Waals surface area contributed by atoms with Crippen molar-refractivity contribution in [1.29, 1.82) is 0 Å². The molecule has 1 aliphatic carbocycles. The largest absolute Gasteiger partial charge is 0.497 e. The molecule has 0 spiro atoms. The first-order valence-corrected chi connectivity index (χ1v) is 7.20. The van der Waals surface area contributed by atoms with Crippen LogP contribution in [0.3, 0.4) is 0 Å². The number of hydrogen-bond donors (Lipinski definition) is 1. The fourth-order valence-electron chi connectivity index (χ4n) is 2.78. The topological polar surface area (TPSA) is 32.7 Å². The minimum absolute atomic E-state index is 0.0637. The number of aliphatic hydroxyl groups is 1. The van der Waals surface area contributed by atoms with Gasteiger partial charge < -0.3 is 14.7 Å². The van der Waals surface area contributed by atoms with Crippen LogP contribution in [0.2, 0.25) is 0 Å². The number of methoxy groups -OCH3 is 1. The predicted molar refractivity (Wildman–Crippen MR) is 77.6 cm³/mol. The SMILES string of the molecule is COc1ccc(CCN(C)C2CCC(O)CC2)cc1. The van der Waals surface area contributed by atoms with Crippen LogP contribution in [0.1, 0.15) is 31.2 Å². The van der Waals surface area contributed by atoms with Crippen molar-refractivity contribution >= 4 is 0 Å². The summed E-state index contributed by atoms with van der Waals surface area (Å²) in [7, 11) is 3.90. The molecular weight excluding hydrogens is 238 g/mol. The van der Waals surface area contributed by atoms with E-state index in [9.17, 15) is 5.11 Å². The Hall–Kier alpha value is -1.06. The van der Waals surface area contributed by atoms with Gasteiger partial charge in [-0.25, -0.2) is 0 Å². The van der Waals surface area contributed by atoms with Crippen LogP contribution >= 0.6 is 0 Å². The van der Waals surface area contributed by atoms with Crippen molar-refractivity contribution in [2.45, 2.75) is 44.2 Å². The summed E-state index contributed by atoms with van der Waals surface area (Å²) in [4.78, 5) is 2.44. The number of hydrogen-bond acceptors (Lipinski definition) is 3. The first-order valence-electron chi connectivity index (χ1n) is 7.20. The van der Waals surface area contributed by atoms with Crippen molar-refractivity contribution in [3.05, 3.63) is 29.8 Å². The molecule has 1 aliphatic rings. The number of ether oxygens (including phenoxy) is 1. The van der Waals surface area contributed by atoms with Gasteiger partial charge in [0.1, 0.15) is 5.75 Å². The molecule has 1 aromatic carbocycles. The summed E-state index contributed by atoms with van der Waals surface area (Å²) in [6.45, 7) is 1.08. The van der Waals surface area contributed by atoms with Crippen LogP contribution in [0.15, 0.2) is 24.3 Å². The normalized spacial score (nSPS) is 23.6. The molecule has 0 bridgehead atoms. The highest BCUT2D eigenvalue weighted by Gasteiger charge is 2.22. The maximum absolute atomic E-state index is 9.54. The third-order valence-electron chi connectivity index (χ3n) is 4.20. The van der Waals surface area contributed by atoms with Crippen molar-refractivity contribution in [1.82, 2.24) is 4.90 Å². The second-order valence-electron chi connectivity index (χ2n) is 5.54. The molecule has 0 heterocycles. The zero-order chi connectivity index (χ0) is 13.7. The summed E-state index contributed by atoms with van der Waals surface area (Å²) < 4.78 is 5.17. The molecule has 1 fully saturated rings. The van der Waals surface area contributed by atoms with Gasteiger partial charge in [-0.3, -0.25) is 0 Å². The molecule has 0 aromatic heterocycles. The van der Waals surface area contributed by atoms with E-state index >= 15 is 0 Å². The van der Waals surface area contributed by atoms with Gasteiger partial charge >= 0.3 is 0 Å². The minimum Gasteiger partial charge on any atom is -0.497 e. The minimum atomic E-state index is -0.0637. The third kappa shape index (κ3) is 4.22. The Labute approximate surface area is 116 Å². The van der Waals surface area contributed by atoms with Gasteiger partial charge in [0.25, 0.3) is 0 Å². The second-order valence-corrected chi connectivity index (χ2v) is 5.54. The lowest BCUT2D eigenvalue weighted by atomic mass is 9.92. The molecule has 0 atom stereocenters. The summed E-state index contributed by atoms with van der Waals surface area (Å²) in [6, 6.07) is 8.95. The lowest BCUT2D eigenvalue weighted by molar-refractivity contribution is 0.0847. The number of likely N-dealkylation sites (N-methyl/N-ethyl adjacent to an activating group) is 1. The molecule has 106 valence electrons. The molecule has 1 saturated carbocycles. The lowest BCUT2D eigenvalue weighted by Crippen LogP contribution is -2.37. The highest BCUT2D eigenvalue weighted by atomic mass is 16.5. The van der Waals surface area contributed by atoms with Crippen LogP contribution in [0.5, 0.6) is 5.75 Å². The van der Waals surface area contributed by atoms with E-state index in [1.165, 1.54) is 5.56 Å². The molecule has 1 N–H and O–H groups in total. The predicted octanol–water partition coefficient (Wildman–Crippen LogP) is 2.47. The molecule has 19 heavy (non-hydrogen) atoms. The maximum Gasteiger partial charge on any atom is 0.118 e. The standard InChI is InChI=1S/C16H25NO2/c1-17(14-5-7-15(18)8-6-14)12-11-13-3-9-16(19-2)10-4-13/h3-4,9-10,14-15,18H,5-8,11-12H2,1-2H3. The molecule has 0 aliphatic heterocycles. The summed E-state index contributed by atoms with van der Waals surface area (Å²) >= 11 is 0. The first-order chi connectivity index (χ1) is 9.19. The van der Waals surface area contributed by atoms with Gasteiger partial charge in [0.05, 0.1) is 13.2 Å². The molecular formula is C16H25NO2. The van der Waals surface area contributed by atoms with E-state index < -0.39 is 0 Å². The van der Waals surface area contributed by atoms with E-state index in [0.717, 1.165) is 44.4 Å². The van der Waals surface area contributed by atoms with Gasteiger partial charge in [0.2, 0.25) is 0 Å². The van der Waals surface area contributed by atoms with Crippen LogP contribution in [-0.4, -0.2) is 42.9 Å². The third-order valence-corrected chi connectivity index (χ3v) is 4.20. The Morgan fingerprint density at radius 3 is 2.37 bits per heavy atom. The van der Waals surface area contributed by atoms with Crippen molar-refractivity contribution < 1.29 is 9.84 Å². The van der Waals surface area contributed by atoms with E-state index in [1.807, 2.05) is 12.1 Å². The van der Waals surface area contributed by atoms with Crippen LogP contribution in [0.25, 0.3) is 0 Å². The van der Waals surface area contributed by atoms with Crippen molar-refractivity contribution in [2.75, 3.05) is 20.7 Å². The Balaban J connectivity index is 1.77. The quantitative estimate of drug-likeness (QED) is 0.886. The molecule has 3 nitrogen and oxygen atoms in total. The van der Waals surface area contributed by atoms with E-state index in [2.05, 4.69) is 24.1 Å². The number of benzene rings is 1. The van der Waals surface area contributed by atoms with Crippen LogP contribution < -0.4 is 4.74 Å². The van der Waals surface area contributed by atoms with Crippen LogP contribution in [-0.2, 0) is 6.42 Å². The molecule has 0 amide bonds. The molecule has 2 rings (SSSR count). The molecule has 0 unspecified atom stereocenters. The summed E-state index contributed by atoms with van der Waals surface area (Å²) in [5.74, 6) is 0.915. The van der Waals surface area contributed by atoms with Gasteiger partial charge in [0, 0.05) is 12.6 Å². The summed E-state index contributed by atoms with van der Waals surface area (Å²) in [5.41, 5.74) is 1.35. The summed E-state index contributed by atoms with van der Waals surface area (Å²) in [6.07, 6.45) is 5.17. The smallest absolute Gasteiger partial charge is 0.118 e. The monoisotopic (exact) mass is 263 g/mol. The van der Waals surface area contributed by atoms with Gasteiger partial charge in [-0.2, -0.15) is 0 Å². The van der Waals surface area contributed by atoms with Crippen LogP contribution in [0.4, 0.5) is 0 Å². The zero-order valence-corrected chi connectivity index (χ0v) is 12.0. The van der Waals surface area contributed by atoms with Crippen molar-refractivity contribution in [3.8, 4) is 5.75 Å². The van der Waals surface area contributed by atoms with Crippen molar-refractivity contribution in [2.24, 2.45) is 0 Å². The van der Waals surface area contributed by atoms with E-state index in [4.69, 9.17) is 4.74 Å². The van der Waals surface area contributed by atoms with Gasteiger partial charge in [-0.05, 0) is 56.8 Å². The molecule has 1 aromatic rings. The number of aliphatic hydroxyl groups excluding tert-OH is 1. The summed E-state index contributed by atoms with van der Waals surface area (Å²) in [5, 5.41) is 9.54. The van der Waals surface area contributed by atoms with E-state index in [-0.39, 0.29) is 6.10 Å². The highest BCUT2D eigenvalue weighted by Crippen LogP contribution is 2.22. The fraction of sp³-hybridized carbons (Fsp3) is 0.625. The van der Waals surface area contributed by atoms with Gasteiger partial charge in [-0.15, -0.1) is 0 Å². The Kier molecular flexibility index (Phi) is 5.23. The average molecular weight is 263 g/mol. The van der Waals surface area contributed by atoms with Gasteiger partial charge in [-0.1, -0.05) is 12.1 Å². The molecule has 0 saturated heterocycles. The molecule has 3 heteroatoms. The number of rotatable bonds is 5.